The molecule has 0 unspecified atom stereocenters. The fourth-order valence-electron chi connectivity index (χ4n) is 2.33. The summed E-state index contributed by atoms with van der Waals surface area (Å²) in [5, 5.41) is 11.3. The van der Waals surface area contributed by atoms with Gasteiger partial charge >= 0.3 is 0 Å². The summed E-state index contributed by atoms with van der Waals surface area (Å²) >= 11 is 0. The Kier molecular flexibility index (Phi) is 4.44. The topological polar surface area (TPSA) is 81.8 Å². The van der Waals surface area contributed by atoms with Gasteiger partial charge in [-0.25, -0.2) is 4.68 Å². The van der Waals surface area contributed by atoms with E-state index >= 15 is 0 Å². The summed E-state index contributed by atoms with van der Waals surface area (Å²) in [5.41, 5.74) is 3.11. The van der Waals surface area contributed by atoms with Gasteiger partial charge in [0.05, 0.1) is 17.4 Å². The van der Waals surface area contributed by atoms with Gasteiger partial charge in [0.1, 0.15) is 6.54 Å². The summed E-state index contributed by atoms with van der Waals surface area (Å²) in [6, 6.07) is 1.31. The van der Waals surface area contributed by atoms with E-state index in [2.05, 4.69) is 15.5 Å². The maximum absolute atomic E-state index is 12.1. The van der Waals surface area contributed by atoms with Crippen molar-refractivity contribution in [2.45, 2.75) is 40.3 Å². The lowest BCUT2D eigenvalue weighted by atomic mass is 10.1. The summed E-state index contributed by atoms with van der Waals surface area (Å²) in [6.07, 6.45) is 1.88. The van der Waals surface area contributed by atoms with Crippen LogP contribution in [0.1, 0.15) is 35.5 Å². The van der Waals surface area contributed by atoms with Crippen molar-refractivity contribution in [1.82, 2.24) is 24.9 Å². The average molecular weight is 303 g/mol. The SMILES string of the molecule is Cc1cc(=O)n(CC(=O)N[C@@H](C)c2cn(C)nc2C)nc1C. The van der Waals surface area contributed by atoms with E-state index in [4.69, 9.17) is 0 Å². The molecule has 1 atom stereocenters. The van der Waals surface area contributed by atoms with Gasteiger partial charge < -0.3 is 5.32 Å². The second kappa shape index (κ2) is 6.13. The maximum atomic E-state index is 12.1. The third-order valence-corrected chi connectivity index (χ3v) is 3.62. The van der Waals surface area contributed by atoms with Gasteiger partial charge in [0.2, 0.25) is 5.91 Å². The highest BCUT2D eigenvalue weighted by Crippen LogP contribution is 2.15. The minimum Gasteiger partial charge on any atom is -0.348 e. The zero-order valence-electron chi connectivity index (χ0n) is 13.5. The number of aryl methyl sites for hydroxylation is 4. The lowest BCUT2D eigenvalue weighted by Gasteiger charge is -2.14. The van der Waals surface area contributed by atoms with Crippen molar-refractivity contribution in [3.8, 4) is 0 Å². The Morgan fingerprint density at radius 1 is 1.27 bits per heavy atom. The van der Waals surface area contributed by atoms with E-state index in [1.54, 1.807) is 4.68 Å². The largest absolute Gasteiger partial charge is 0.348 e. The van der Waals surface area contributed by atoms with E-state index in [9.17, 15) is 9.59 Å². The van der Waals surface area contributed by atoms with Gasteiger partial charge in [0.25, 0.3) is 5.56 Å². The number of rotatable bonds is 4. The maximum Gasteiger partial charge on any atom is 0.267 e. The Morgan fingerprint density at radius 2 is 1.95 bits per heavy atom. The molecule has 1 amide bonds. The van der Waals surface area contributed by atoms with Crippen LogP contribution in [-0.4, -0.2) is 25.5 Å². The minimum absolute atomic E-state index is 0.0936. The number of hydrogen-bond donors (Lipinski definition) is 1. The highest BCUT2D eigenvalue weighted by atomic mass is 16.2. The number of nitrogens with zero attached hydrogens (tertiary/aromatic N) is 4. The van der Waals surface area contributed by atoms with Crippen LogP contribution in [0, 0.1) is 20.8 Å². The van der Waals surface area contributed by atoms with E-state index in [1.165, 1.54) is 10.7 Å². The van der Waals surface area contributed by atoms with Crippen molar-refractivity contribution in [2.24, 2.45) is 7.05 Å². The van der Waals surface area contributed by atoms with E-state index in [-0.39, 0.29) is 24.1 Å². The van der Waals surface area contributed by atoms with Crippen LogP contribution in [-0.2, 0) is 18.4 Å². The molecular formula is C15H21N5O2. The van der Waals surface area contributed by atoms with Gasteiger partial charge in [-0.15, -0.1) is 0 Å². The zero-order valence-corrected chi connectivity index (χ0v) is 13.5. The number of carbonyl (C=O) groups is 1. The zero-order chi connectivity index (χ0) is 16.4. The minimum atomic E-state index is -0.275. The number of carbonyl (C=O) groups excluding carboxylic acids is 1. The Bertz CT molecular complexity index is 760. The predicted octanol–water partition coefficient (Wildman–Crippen LogP) is 0.779. The van der Waals surface area contributed by atoms with Crippen molar-refractivity contribution in [1.29, 1.82) is 0 Å². The molecule has 0 aliphatic rings. The molecule has 0 saturated carbocycles. The lowest BCUT2D eigenvalue weighted by molar-refractivity contribution is -0.122. The Hall–Kier alpha value is -2.44. The smallest absolute Gasteiger partial charge is 0.267 e. The van der Waals surface area contributed by atoms with Crippen molar-refractivity contribution >= 4 is 5.91 Å². The molecule has 0 aliphatic carbocycles. The van der Waals surface area contributed by atoms with Gasteiger partial charge in [-0.1, -0.05) is 0 Å². The van der Waals surface area contributed by atoms with Crippen LogP contribution in [0.4, 0.5) is 0 Å². The van der Waals surface area contributed by atoms with Gasteiger partial charge in [-0.05, 0) is 33.3 Å². The second-order valence-corrected chi connectivity index (χ2v) is 5.54. The average Bonchev–Trinajstić information content (AvgIpc) is 2.75. The van der Waals surface area contributed by atoms with Crippen LogP contribution >= 0.6 is 0 Å². The first-order chi connectivity index (χ1) is 10.3. The third kappa shape index (κ3) is 3.41. The molecule has 0 aliphatic heterocycles. The first-order valence-corrected chi connectivity index (χ1v) is 7.12. The van der Waals surface area contributed by atoms with E-state index in [1.807, 2.05) is 40.9 Å². The number of amides is 1. The first-order valence-electron chi connectivity index (χ1n) is 7.12. The molecule has 0 bridgehead atoms. The molecule has 0 spiro atoms. The highest BCUT2D eigenvalue weighted by Gasteiger charge is 2.15. The molecular weight excluding hydrogens is 282 g/mol. The summed E-state index contributed by atoms with van der Waals surface area (Å²) < 4.78 is 2.89. The monoisotopic (exact) mass is 303 g/mol. The summed E-state index contributed by atoms with van der Waals surface area (Å²) in [5.74, 6) is -0.256. The van der Waals surface area contributed by atoms with Gasteiger partial charge in [-0.3, -0.25) is 14.3 Å². The second-order valence-electron chi connectivity index (χ2n) is 5.54. The summed E-state index contributed by atoms with van der Waals surface area (Å²) in [4.78, 5) is 24.0. The molecule has 0 saturated heterocycles. The van der Waals surface area contributed by atoms with E-state index in [0.29, 0.717) is 0 Å². The molecule has 118 valence electrons. The number of hydrogen-bond acceptors (Lipinski definition) is 4. The van der Waals surface area contributed by atoms with Crippen LogP contribution < -0.4 is 10.9 Å². The molecule has 2 rings (SSSR count). The molecule has 0 radical (unpaired) electrons. The van der Waals surface area contributed by atoms with Crippen LogP contribution in [0.3, 0.4) is 0 Å². The summed E-state index contributed by atoms with van der Waals surface area (Å²) in [6.45, 7) is 7.32. The van der Waals surface area contributed by atoms with Crippen LogP contribution in [0.15, 0.2) is 17.1 Å². The molecule has 2 heterocycles. The van der Waals surface area contributed by atoms with Crippen molar-refractivity contribution < 1.29 is 4.79 Å². The van der Waals surface area contributed by atoms with Crippen LogP contribution in [0.25, 0.3) is 0 Å². The Balaban J connectivity index is 2.09. The molecule has 0 aromatic carbocycles. The molecule has 1 N–H and O–H groups in total. The van der Waals surface area contributed by atoms with Gasteiger partial charge in [-0.2, -0.15) is 10.2 Å². The Morgan fingerprint density at radius 3 is 2.55 bits per heavy atom. The normalized spacial score (nSPS) is 12.2. The number of aromatic nitrogens is 4. The fourth-order valence-corrected chi connectivity index (χ4v) is 2.33. The standard InChI is InChI=1S/C15H21N5O2/c1-9-6-15(22)20(18-10(9)2)8-14(21)16-11(3)13-7-19(5)17-12(13)4/h6-7,11H,8H2,1-5H3,(H,16,21)/t11-/m0/s1. The van der Waals surface area contributed by atoms with E-state index < -0.39 is 0 Å². The van der Waals surface area contributed by atoms with Crippen LogP contribution in [0.2, 0.25) is 0 Å². The van der Waals surface area contributed by atoms with Crippen molar-refractivity contribution in [2.75, 3.05) is 0 Å². The molecule has 2 aromatic heterocycles. The molecule has 0 fully saturated rings. The number of nitrogens with one attached hydrogen (secondary N) is 1. The van der Waals surface area contributed by atoms with Crippen molar-refractivity contribution in [3.63, 3.8) is 0 Å². The van der Waals surface area contributed by atoms with Crippen LogP contribution in [0.5, 0.6) is 0 Å². The summed E-state index contributed by atoms with van der Waals surface area (Å²) in [7, 11) is 1.84. The van der Waals surface area contributed by atoms with Gasteiger partial charge in [0.15, 0.2) is 0 Å². The van der Waals surface area contributed by atoms with Gasteiger partial charge in [0, 0.05) is 24.9 Å². The molecule has 2 aromatic rings. The fraction of sp³-hybridized carbons (Fsp3) is 0.467. The predicted molar refractivity (Wildman–Crippen MR) is 82.5 cm³/mol. The first kappa shape index (κ1) is 15.9. The Labute approximate surface area is 129 Å². The molecule has 7 nitrogen and oxygen atoms in total. The van der Waals surface area contributed by atoms with Crippen molar-refractivity contribution in [3.05, 3.63) is 45.1 Å². The lowest BCUT2D eigenvalue weighted by Crippen LogP contribution is -2.35. The highest BCUT2D eigenvalue weighted by molar-refractivity contribution is 5.76. The third-order valence-electron chi connectivity index (χ3n) is 3.62. The molecule has 22 heavy (non-hydrogen) atoms. The van der Waals surface area contributed by atoms with E-state index in [0.717, 1.165) is 22.5 Å². The molecule has 7 heteroatoms. The quantitative estimate of drug-likeness (QED) is 0.905.